The van der Waals surface area contributed by atoms with Gasteiger partial charge in [-0.3, -0.25) is 4.90 Å². The Kier molecular flexibility index (Phi) is 4.02. The summed E-state index contributed by atoms with van der Waals surface area (Å²) in [5, 5.41) is 8.26. The molecule has 0 atom stereocenters. The molecule has 0 spiro atoms. The molecule has 1 aliphatic heterocycles. The monoisotopic (exact) mass is 299 g/mol. The van der Waals surface area contributed by atoms with Gasteiger partial charge in [0.2, 0.25) is 0 Å². The van der Waals surface area contributed by atoms with Crippen molar-refractivity contribution in [1.82, 2.24) is 25.0 Å². The number of hydrogen-bond donors (Lipinski definition) is 1. The predicted molar refractivity (Wildman–Crippen MR) is 88.2 cm³/mol. The number of nitrogens with one attached hydrogen (secondary N) is 1. The van der Waals surface area contributed by atoms with Gasteiger partial charge in [-0.2, -0.15) is 5.10 Å². The van der Waals surface area contributed by atoms with Gasteiger partial charge in [-0.15, -0.1) is 0 Å². The first-order chi connectivity index (χ1) is 10.5. The van der Waals surface area contributed by atoms with Crippen molar-refractivity contribution in [3.63, 3.8) is 0 Å². The van der Waals surface area contributed by atoms with Crippen LogP contribution in [-0.2, 0) is 6.54 Å². The lowest BCUT2D eigenvalue weighted by molar-refractivity contribution is 0.148. The molecule has 5 heteroatoms. The second kappa shape index (κ2) is 5.82. The molecule has 1 N–H and O–H groups in total. The molecule has 2 aromatic rings. The van der Waals surface area contributed by atoms with Crippen molar-refractivity contribution in [3.05, 3.63) is 41.3 Å². The first kappa shape index (κ1) is 15.2. The minimum atomic E-state index is 0.178. The first-order valence-electron chi connectivity index (χ1n) is 7.90. The van der Waals surface area contributed by atoms with Gasteiger partial charge in [0.1, 0.15) is 0 Å². The lowest BCUT2D eigenvalue weighted by Gasteiger charge is -2.39. The van der Waals surface area contributed by atoms with Gasteiger partial charge in [-0.25, -0.2) is 9.67 Å². The van der Waals surface area contributed by atoms with E-state index in [1.807, 2.05) is 29.1 Å². The van der Waals surface area contributed by atoms with Crippen LogP contribution in [0, 0.1) is 13.8 Å². The molecule has 5 nitrogen and oxygen atoms in total. The minimum absolute atomic E-state index is 0.178. The molecule has 1 saturated heterocycles. The van der Waals surface area contributed by atoms with Crippen molar-refractivity contribution >= 4 is 0 Å². The molecule has 0 saturated carbocycles. The maximum Gasteiger partial charge on any atom is 0.153 e. The van der Waals surface area contributed by atoms with Crippen molar-refractivity contribution in [2.24, 2.45) is 0 Å². The van der Waals surface area contributed by atoms with E-state index < -0.39 is 0 Å². The van der Waals surface area contributed by atoms with Crippen LogP contribution < -0.4 is 5.32 Å². The predicted octanol–water partition coefficient (Wildman–Crippen LogP) is 2.07. The van der Waals surface area contributed by atoms with Crippen molar-refractivity contribution in [3.8, 4) is 5.82 Å². The summed E-state index contributed by atoms with van der Waals surface area (Å²) in [4.78, 5) is 6.92. The van der Waals surface area contributed by atoms with Gasteiger partial charge in [-0.05, 0) is 39.8 Å². The average molecular weight is 299 g/mol. The Balaban J connectivity index is 1.84. The normalized spacial score (nSPS) is 18.5. The highest BCUT2D eigenvalue weighted by Gasteiger charge is 2.27. The third kappa shape index (κ3) is 3.05. The molecule has 1 fully saturated rings. The first-order valence-corrected chi connectivity index (χ1v) is 7.90. The van der Waals surface area contributed by atoms with E-state index in [1.54, 1.807) is 0 Å². The summed E-state index contributed by atoms with van der Waals surface area (Å²) < 4.78 is 1.96. The van der Waals surface area contributed by atoms with Crippen LogP contribution in [0.5, 0.6) is 0 Å². The highest BCUT2D eigenvalue weighted by atomic mass is 15.3. The Morgan fingerprint density at radius 2 is 2.09 bits per heavy atom. The van der Waals surface area contributed by atoms with Crippen molar-refractivity contribution in [2.45, 2.75) is 39.8 Å². The minimum Gasteiger partial charge on any atom is -0.309 e. The fourth-order valence-corrected chi connectivity index (χ4v) is 3.21. The zero-order valence-electron chi connectivity index (χ0n) is 13.9. The second-order valence-corrected chi connectivity index (χ2v) is 6.77. The van der Waals surface area contributed by atoms with Crippen LogP contribution in [0.25, 0.3) is 5.82 Å². The molecule has 0 unspecified atom stereocenters. The Morgan fingerprint density at radius 3 is 2.77 bits per heavy atom. The molecule has 0 aliphatic carbocycles. The summed E-state index contributed by atoms with van der Waals surface area (Å²) >= 11 is 0. The molecule has 0 radical (unpaired) electrons. The van der Waals surface area contributed by atoms with Crippen LogP contribution in [0.15, 0.2) is 24.4 Å². The molecule has 3 heterocycles. The Bertz CT molecular complexity index is 645. The highest BCUT2D eigenvalue weighted by Crippen LogP contribution is 2.20. The van der Waals surface area contributed by atoms with E-state index in [0.717, 1.165) is 37.7 Å². The summed E-state index contributed by atoms with van der Waals surface area (Å²) in [6, 6.07) is 5.92. The average Bonchev–Trinajstić information content (AvgIpc) is 2.75. The molecule has 1 aliphatic rings. The van der Waals surface area contributed by atoms with Crippen LogP contribution >= 0.6 is 0 Å². The van der Waals surface area contributed by atoms with E-state index in [9.17, 15) is 0 Å². The Hall–Kier alpha value is -1.72. The molecule has 2 aromatic heterocycles. The largest absolute Gasteiger partial charge is 0.309 e. The molecule has 118 valence electrons. The fraction of sp³-hybridized carbons (Fsp3) is 0.529. The summed E-state index contributed by atoms with van der Waals surface area (Å²) in [6.45, 7) is 12.9. The third-order valence-corrected chi connectivity index (χ3v) is 4.34. The quantitative estimate of drug-likeness (QED) is 0.942. The van der Waals surface area contributed by atoms with Gasteiger partial charge >= 0.3 is 0 Å². The molecular formula is C17H25N5. The third-order valence-electron chi connectivity index (χ3n) is 4.34. The number of aromatic nitrogens is 3. The summed E-state index contributed by atoms with van der Waals surface area (Å²) in [6.07, 6.45) is 1.81. The van der Waals surface area contributed by atoms with Crippen molar-refractivity contribution in [1.29, 1.82) is 0 Å². The Labute approximate surface area is 132 Å². The van der Waals surface area contributed by atoms with E-state index in [1.165, 1.54) is 11.3 Å². The summed E-state index contributed by atoms with van der Waals surface area (Å²) in [5.41, 5.74) is 3.78. The zero-order valence-corrected chi connectivity index (χ0v) is 13.9. The van der Waals surface area contributed by atoms with Crippen molar-refractivity contribution < 1.29 is 0 Å². The standard InChI is InChI=1S/C17H25N5/c1-13-15(11-21-10-9-19-17(3,4)12-21)14(2)22(20-13)16-7-5-6-8-18-16/h5-8,19H,9-12H2,1-4H3. The molecule has 0 bridgehead atoms. The van der Waals surface area contributed by atoms with E-state index in [4.69, 9.17) is 5.10 Å². The number of aryl methyl sites for hydroxylation is 1. The van der Waals surface area contributed by atoms with Gasteiger partial charge in [0, 0.05) is 49.2 Å². The number of rotatable bonds is 3. The van der Waals surface area contributed by atoms with Crippen LogP contribution in [-0.4, -0.2) is 44.8 Å². The topological polar surface area (TPSA) is 46.0 Å². The van der Waals surface area contributed by atoms with Gasteiger partial charge in [0.15, 0.2) is 5.82 Å². The number of nitrogens with zero attached hydrogens (tertiary/aromatic N) is 4. The molecule has 22 heavy (non-hydrogen) atoms. The highest BCUT2D eigenvalue weighted by molar-refractivity contribution is 5.32. The summed E-state index contributed by atoms with van der Waals surface area (Å²) in [5.74, 6) is 0.884. The van der Waals surface area contributed by atoms with Gasteiger partial charge in [0.05, 0.1) is 5.69 Å². The fourth-order valence-electron chi connectivity index (χ4n) is 3.21. The smallest absolute Gasteiger partial charge is 0.153 e. The molecule has 0 amide bonds. The van der Waals surface area contributed by atoms with Crippen LogP contribution in [0.3, 0.4) is 0 Å². The van der Waals surface area contributed by atoms with Crippen LogP contribution in [0.1, 0.15) is 30.8 Å². The van der Waals surface area contributed by atoms with E-state index in [0.29, 0.717) is 0 Å². The molecular weight excluding hydrogens is 274 g/mol. The number of piperazine rings is 1. The Morgan fingerprint density at radius 1 is 1.27 bits per heavy atom. The molecule has 0 aromatic carbocycles. The lowest BCUT2D eigenvalue weighted by atomic mass is 10.0. The van der Waals surface area contributed by atoms with E-state index >= 15 is 0 Å². The van der Waals surface area contributed by atoms with E-state index in [2.05, 4.69) is 42.9 Å². The molecule has 3 rings (SSSR count). The van der Waals surface area contributed by atoms with Gasteiger partial charge in [-0.1, -0.05) is 6.07 Å². The van der Waals surface area contributed by atoms with Crippen LogP contribution in [0.2, 0.25) is 0 Å². The van der Waals surface area contributed by atoms with Crippen molar-refractivity contribution in [2.75, 3.05) is 19.6 Å². The maximum atomic E-state index is 4.69. The second-order valence-electron chi connectivity index (χ2n) is 6.77. The van der Waals surface area contributed by atoms with Crippen LogP contribution in [0.4, 0.5) is 0 Å². The SMILES string of the molecule is Cc1nn(-c2ccccn2)c(C)c1CN1CCNC(C)(C)C1. The maximum absolute atomic E-state index is 4.69. The van der Waals surface area contributed by atoms with E-state index in [-0.39, 0.29) is 5.54 Å². The zero-order chi connectivity index (χ0) is 15.7. The van der Waals surface area contributed by atoms with Gasteiger partial charge in [0.25, 0.3) is 0 Å². The summed E-state index contributed by atoms with van der Waals surface area (Å²) in [7, 11) is 0. The van der Waals surface area contributed by atoms with Gasteiger partial charge < -0.3 is 5.32 Å². The number of pyridine rings is 1. The lowest BCUT2D eigenvalue weighted by Crippen LogP contribution is -2.56. The number of hydrogen-bond acceptors (Lipinski definition) is 4.